The van der Waals surface area contributed by atoms with Crippen LogP contribution < -0.4 is 5.73 Å². The summed E-state index contributed by atoms with van der Waals surface area (Å²) >= 11 is 8.72. The van der Waals surface area contributed by atoms with Crippen molar-refractivity contribution in [2.45, 2.75) is 12.3 Å². The lowest BCUT2D eigenvalue weighted by Gasteiger charge is -2.14. The van der Waals surface area contributed by atoms with Crippen molar-refractivity contribution in [1.29, 1.82) is 0 Å². The van der Waals surface area contributed by atoms with Gasteiger partial charge < -0.3 is 5.73 Å². The Morgan fingerprint density at radius 1 is 1.06 bits per heavy atom. The minimum atomic E-state index is 0.397. The summed E-state index contributed by atoms with van der Waals surface area (Å²) < 4.78 is 2.29. The van der Waals surface area contributed by atoms with E-state index in [1.54, 1.807) is 11.3 Å². The van der Waals surface area contributed by atoms with E-state index in [0.29, 0.717) is 12.5 Å². The first kappa shape index (κ1) is 13.3. The van der Waals surface area contributed by atoms with E-state index in [2.05, 4.69) is 68.3 Å². The molecule has 0 fully saturated rings. The third kappa shape index (κ3) is 3.65. The van der Waals surface area contributed by atoms with E-state index < -0.39 is 0 Å². The van der Waals surface area contributed by atoms with Gasteiger partial charge in [-0.25, -0.2) is 0 Å². The highest BCUT2D eigenvalue weighted by molar-refractivity contribution is 9.11. The monoisotopic (exact) mass is 373 g/mol. The zero-order valence-electron chi connectivity index (χ0n) is 9.20. The molecular weight excluding hydrogens is 362 g/mol. The second-order valence-electron chi connectivity index (χ2n) is 3.89. The Bertz CT molecular complexity index is 478. The van der Waals surface area contributed by atoms with Gasteiger partial charge in [-0.05, 0) is 58.7 Å². The highest BCUT2D eigenvalue weighted by Gasteiger charge is 2.11. The molecule has 1 unspecified atom stereocenters. The van der Waals surface area contributed by atoms with Gasteiger partial charge in [-0.3, -0.25) is 0 Å². The number of rotatable bonds is 4. The number of halogens is 2. The fraction of sp³-hybridized carbons (Fsp3) is 0.231. The molecule has 2 rings (SSSR count). The van der Waals surface area contributed by atoms with E-state index in [1.807, 2.05) is 0 Å². The molecule has 1 atom stereocenters. The number of benzene rings is 1. The maximum Gasteiger partial charge on any atom is 0.0701 e. The predicted octanol–water partition coefficient (Wildman–Crippen LogP) is 4.56. The van der Waals surface area contributed by atoms with E-state index in [-0.39, 0.29) is 0 Å². The van der Waals surface area contributed by atoms with Gasteiger partial charge in [0.25, 0.3) is 0 Å². The van der Waals surface area contributed by atoms with Crippen molar-refractivity contribution in [1.82, 2.24) is 0 Å². The van der Waals surface area contributed by atoms with E-state index in [4.69, 9.17) is 5.73 Å². The number of thiophene rings is 1. The minimum Gasteiger partial charge on any atom is -0.330 e. The second kappa shape index (κ2) is 6.14. The molecular formula is C13H13Br2NS. The van der Waals surface area contributed by atoms with Gasteiger partial charge in [-0.1, -0.05) is 28.1 Å². The first-order valence-electron chi connectivity index (χ1n) is 5.39. The molecule has 2 aromatic rings. The van der Waals surface area contributed by atoms with Crippen LogP contribution in [0.15, 0.2) is 44.7 Å². The van der Waals surface area contributed by atoms with Gasteiger partial charge in [0, 0.05) is 15.3 Å². The first-order valence-corrected chi connectivity index (χ1v) is 7.79. The maximum atomic E-state index is 5.88. The quantitative estimate of drug-likeness (QED) is 0.833. The van der Waals surface area contributed by atoms with Crippen LogP contribution in [-0.2, 0) is 6.42 Å². The first-order chi connectivity index (χ1) is 8.19. The molecule has 0 bridgehead atoms. The summed E-state index contributed by atoms with van der Waals surface area (Å²) in [4.78, 5) is 1.37. The fourth-order valence-electron chi connectivity index (χ4n) is 1.78. The van der Waals surface area contributed by atoms with Crippen LogP contribution in [0.3, 0.4) is 0 Å². The van der Waals surface area contributed by atoms with Gasteiger partial charge in [-0.15, -0.1) is 11.3 Å². The van der Waals surface area contributed by atoms with Crippen molar-refractivity contribution in [3.8, 4) is 0 Å². The Balaban J connectivity index is 2.13. The van der Waals surface area contributed by atoms with Gasteiger partial charge in [-0.2, -0.15) is 0 Å². The largest absolute Gasteiger partial charge is 0.330 e. The molecule has 0 saturated carbocycles. The normalized spacial score (nSPS) is 12.6. The van der Waals surface area contributed by atoms with Crippen LogP contribution in [0.4, 0.5) is 0 Å². The standard InChI is InChI=1S/C13H13Br2NS/c14-11-3-1-9(2-4-11)10(8-16)7-12-5-6-13(15)17-12/h1-6,10H,7-8,16H2. The third-order valence-electron chi connectivity index (χ3n) is 2.70. The second-order valence-corrected chi connectivity index (χ2v) is 7.36. The van der Waals surface area contributed by atoms with Gasteiger partial charge in [0.1, 0.15) is 0 Å². The van der Waals surface area contributed by atoms with Gasteiger partial charge >= 0.3 is 0 Å². The van der Waals surface area contributed by atoms with Crippen molar-refractivity contribution in [3.63, 3.8) is 0 Å². The molecule has 1 aromatic heterocycles. The van der Waals surface area contributed by atoms with E-state index >= 15 is 0 Å². The molecule has 17 heavy (non-hydrogen) atoms. The highest BCUT2D eigenvalue weighted by atomic mass is 79.9. The summed E-state index contributed by atoms with van der Waals surface area (Å²) in [5.74, 6) is 0.397. The Labute approximate surface area is 122 Å². The molecule has 4 heteroatoms. The molecule has 0 spiro atoms. The van der Waals surface area contributed by atoms with Crippen LogP contribution in [0.25, 0.3) is 0 Å². The summed E-state index contributed by atoms with van der Waals surface area (Å²) in [7, 11) is 0. The summed E-state index contributed by atoms with van der Waals surface area (Å²) in [6, 6.07) is 12.7. The molecule has 0 amide bonds. The lowest BCUT2D eigenvalue weighted by Crippen LogP contribution is -2.14. The zero-order valence-corrected chi connectivity index (χ0v) is 13.2. The average molecular weight is 375 g/mol. The van der Waals surface area contributed by atoms with Crippen LogP contribution in [0.5, 0.6) is 0 Å². The molecule has 2 N–H and O–H groups in total. The summed E-state index contributed by atoms with van der Waals surface area (Å²) in [5, 5.41) is 0. The smallest absolute Gasteiger partial charge is 0.0701 e. The van der Waals surface area contributed by atoms with Crippen LogP contribution in [0.1, 0.15) is 16.4 Å². The molecule has 0 aliphatic rings. The molecule has 1 aromatic carbocycles. The Hall–Kier alpha value is -0.160. The molecule has 0 aliphatic carbocycles. The highest BCUT2D eigenvalue weighted by Crippen LogP contribution is 2.28. The topological polar surface area (TPSA) is 26.0 Å². The van der Waals surface area contributed by atoms with Crippen molar-refractivity contribution < 1.29 is 0 Å². The van der Waals surface area contributed by atoms with Gasteiger partial charge in [0.05, 0.1) is 3.79 Å². The Morgan fingerprint density at radius 2 is 1.76 bits per heavy atom. The van der Waals surface area contributed by atoms with Crippen LogP contribution in [0, 0.1) is 0 Å². The Morgan fingerprint density at radius 3 is 2.29 bits per heavy atom. The van der Waals surface area contributed by atoms with Gasteiger partial charge in [0.2, 0.25) is 0 Å². The van der Waals surface area contributed by atoms with Crippen molar-refractivity contribution in [2.75, 3.05) is 6.54 Å². The number of hydrogen-bond acceptors (Lipinski definition) is 2. The number of hydrogen-bond donors (Lipinski definition) is 1. The Kier molecular flexibility index (Phi) is 4.79. The van der Waals surface area contributed by atoms with Crippen LogP contribution in [0.2, 0.25) is 0 Å². The summed E-state index contributed by atoms with van der Waals surface area (Å²) in [6.07, 6.45) is 1.01. The average Bonchev–Trinajstić information content (AvgIpc) is 2.73. The number of nitrogens with two attached hydrogens (primary N) is 1. The molecule has 0 saturated heterocycles. The van der Waals surface area contributed by atoms with E-state index in [0.717, 1.165) is 10.9 Å². The fourth-order valence-corrected chi connectivity index (χ4v) is 3.60. The van der Waals surface area contributed by atoms with Crippen LogP contribution in [-0.4, -0.2) is 6.54 Å². The van der Waals surface area contributed by atoms with E-state index in [1.165, 1.54) is 14.2 Å². The minimum absolute atomic E-state index is 0.397. The lowest BCUT2D eigenvalue weighted by atomic mass is 9.95. The third-order valence-corrected chi connectivity index (χ3v) is 4.88. The summed E-state index contributed by atoms with van der Waals surface area (Å²) in [5.41, 5.74) is 7.18. The van der Waals surface area contributed by atoms with Crippen molar-refractivity contribution in [3.05, 3.63) is 55.1 Å². The maximum absolute atomic E-state index is 5.88. The van der Waals surface area contributed by atoms with Crippen molar-refractivity contribution >= 4 is 43.2 Å². The summed E-state index contributed by atoms with van der Waals surface area (Å²) in [6.45, 7) is 0.678. The molecule has 90 valence electrons. The van der Waals surface area contributed by atoms with Crippen molar-refractivity contribution in [2.24, 2.45) is 5.73 Å². The zero-order chi connectivity index (χ0) is 12.3. The molecule has 0 radical (unpaired) electrons. The molecule has 1 nitrogen and oxygen atoms in total. The molecule has 0 aliphatic heterocycles. The SMILES string of the molecule is NCC(Cc1ccc(Br)s1)c1ccc(Br)cc1. The van der Waals surface area contributed by atoms with Gasteiger partial charge in [0.15, 0.2) is 0 Å². The van der Waals surface area contributed by atoms with Crippen LogP contribution >= 0.6 is 43.2 Å². The molecule has 1 heterocycles. The predicted molar refractivity (Wildman–Crippen MR) is 81.7 cm³/mol. The lowest BCUT2D eigenvalue weighted by molar-refractivity contribution is 0.701. The van der Waals surface area contributed by atoms with E-state index in [9.17, 15) is 0 Å².